The first-order valence-corrected chi connectivity index (χ1v) is 13.4. The van der Waals surface area contributed by atoms with Gasteiger partial charge in [0.15, 0.2) is 6.29 Å². The van der Waals surface area contributed by atoms with Gasteiger partial charge in [0.25, 0.3) is 5.91 Å². The normalized spacial score (nSPS) is 24.5. The Hall–Kier alpha value is -2.47. The van der Waals surface area contributed by atoms with Crippen LogP contribution < -0.4 is 21.7 Å². The lowest BCUT2D eigenvalue weighted by Crippen LogP contribution is -2.53. The Morgan fingerprint density at radius 2 is 1.76 bits per heavy atom. The number of carbonyl (C=O) groups is 4. The van der Waals surface area contributed by atoms with E-state index in [-0.39, 0.29) is 35.9 Å². The first kappa shape index (κ1) is 29.1. The summed E-state index contributed by atoms with van der Waals surface area (Å²) in [7, 11) is 3.48. The van der Waals surface area contributed by atoms with Crippen LogP contribution in [0.5, 0.6) is 0 Å². The van der Waals surface area contributed by atoms with Gasteiger partial charge in [0, 0.05) is 37.3 Å². The van der Waals surface area contributed by atoms with Crippen LogP contribution in [0.2, 0.25) is 0 Å². The molecular formula is C26H40N6O4S. The average molecular weight is 533 g/mol. The van der Waals surface area contributed by atoms with Crippen LogP contribution in [0, 0.1) is 0 Å². The molecule has 0 radical (unpaired) electrons. The van der Waals surface area contributed by atoms with E-state index in [2.05, 4.69) is 28.8 Å². The Kier molecular flexibility index (Phi) is 10.9. The first-order valence-electron chi connectivity index (χ1n) is 13.0. The molecule has 37 heavy (non-hydrogen) atoms. The van der Waals surface area contributed by atoms with E-state index in [1.165, 1.54) is 11.9 Å². The van der Waals surface area contributed by atoms with E-state index in [0.717, 1.165) is 51.6 Å². The van der Waals surface area contributed by atoms with Crippen molar-refractivity contribution in [3.8, 4) is 0 Å². The maximum Gasteiger partial charge on any atom is 0.255 e. The van der Waals surface area contributed by atoms with Crippen LogP contribution in [-0.2, 0) is 9.59 Å². The van der Waals surface area contributed by atoms with Crippen molar-refractivity contribution < 1.29 is 19.2 Å². The molecule has 1 aromatic rings. The number of aldehydes is 1. The number of thiol groups is 1. The highest BCUT2D eigenvalue weighted by Crippen LogP contribution is 2.28. The van der Waals surface area contributed by atoms with Crippen LogP contribution in [0.1, 0.15) is 72.1 Å². The third-order valence-corrected chi connectivity index (χ3v) is 7.75. The highest BCUT2D eigenvalue weighted by atomic mass is 32.1. The maximum atomic E-state index is 13.1. The lowest BCUT2D eigenvalue weighted by molar-refractivity contribution is -0.136. The Bertz CT molecular complexity index is 960. The maximum absolute atomic E-state index is 13.1. The third kappa shape index (κ3) is 8.00. The molecule has 5 N–H and O–H groups in total. The van der Waals surface area contributed by atoms with Gasteiger partial charge in [-0.15, -0.1) is 0 Å². The highest BCUT2D eigenvalue weighted by molar-refractivity contribution is 7.77. The van der Waals surface area contributed by atoms with Gasteiger partial charge in [0.1, 0.15) is 6.04 Å². The zero-order chi connectivity index (χ0) is 26.9. The van der Waals surface area contributed by atoms with Crippen molar-refractivity contribution in [3.63, 3.8) is 0 Å². The van der Waals surface area contributed by atoms with Crippen LogP contribution in [0.15, 0.2) is 18.2 Å². The van der Waals surface area contributed by atoms with Crippen LogP contribution in [0.25, 0.3) is 0 Å². The van der Waals surface area contributed by atoms with Crippen molar-refractivity contribution in [2.45, 2.75) is 75.5 Å². The van der Waals surface area contributed by atoms with Crippen LogP contribution in [-0.4, -0.2) is 84.6 Å². The van der Waals surface area contributed by atoms with Gasteiger partial charge in [0.2, 0.25) is 11.8 Å². The number of carbonyl (C=O) groups excluding carboxylic acids is 4. The lowest BCUT2D eigenvalue weighted by Gasteiger charge is -2.33. The number of benzene rings is 1. The molecule has 1 saturated carbocycles. The lowest BCUT2D eigenvalue weighted by atomic mass is 9.90. The number of nitrogens with zero attached hydrogens (tertiary/aromatic N) is 2. The second-order valence-electron chi connectivity index (χ2n) is 10.1. The second kappa shape index (κ2) is 13.9. The number of likely N-dealkylation sites (N-methyl/N-ethyl adjacent to an activating group) is 1. The van der Waals surface area contributed by atoms with E-state index in [0.29, 0.717) is 24.1 Å². The van der Waals surface area contributed by atoms with Crippen molar-refractivity contribution in [2.24, 2.45) is 5.73 Å². The molecule has 2 aliphatic heterocycles. The quantitative estimate of drug-likeness (QED) is 0.212. The zero-order valence-electron chi connectivity index (χ0n) is 21.7. The number of nitrogens with two attached hydrogens (primary N) is 1. The summed E-state index contributed by atoms with van der Waals surface area (Å²) < 4.78 is 1.94. The van der Waals surface area contributed by atoms with Gasteiger partial charge < -0.3 is 21.3 Å². The number of hydrogen-bond donors (Lipinski definition) is 5. The predicted molar refractivity (Wildman–Crippen MR) is 147 cm³/mol. The van der Waals surface area contributed by atoms with Crippen molar-refractivity contribution in [2.75, 3.05) is 32.5 Å². The highest BCUT2D eigenvalue weighted by Gasteiger charge is 2.33. The van der Waals surface area contributed by atoms with E-state index in [1.807, 2.05) is 11.4 Å². The molecule has 4 rings (SSSR count). The molecule has 1 unspecified atom stereocenters. The van der Waals surface area contributed by atoms with Crippen LogP contribution >= 0.6 is 12.8 Å². The predicted octanol–water partition coefficient (Wildman–Crippen LogP) is 1.57. The number of amides is 3. The van der Waals surface area contributed by atoms with Gasteiger partial charge in [-0.05, 0) is 77.2 Å². The monoisotopic (exact) mass is 532 g/mol. The summed E-state index contributed by atoms with van der Waals surface area (Å²) in [5.41, 5.74) is 6.74. The Morgan fingerprint density at radius 3 is 2.30 bits per heavy atom. The number of hydrogen-bond acceptors (Lipinski definition) is 9. The van der Waals surface area contributed by atoms with E-state index < -0.39 is 17.9 Å². The minimum Gasteiger partial charge on any atom is -0.382 e. The van der Waals surface area contributed by atoms with E-state index in [9.17, 15) is 19.2 Å². The molecule has 0 spiro atoms. The summed E-state index contributed by atoms with van der Waals surface area (Å²) in [4.78, 5) is 49.8. The van der Waals surface area contributed by atoms with Crippen molar-refractivity contribution in [1.29, 1.82) is 0 Å². The largest absolute Gasteiger partial charge is 0.382 e. The fourth-order valence-electron chi connectivity index (χ4n) is 5.05. The Balaban J connectivity index is 0.000000468. The molecule has 1 aromatic carbocycles. The molecule has 204 valence electrons. The van der Waals surface area contributed by atoms with Gasteiger partial charge in [-0.25, -0.2) is 0 Å². The third-order valence-electron chi connectivity index (χ3n) is 7.42. The van der Waals surface area contributed by atoms with Gasteiger partial charge in [0.05, 0.1) is 11.1 Å². The van der Waals surface area contributed by atoms with Gasteiger partial charge in [-0.2, -0.15) is 0 Å². The summed E-state index contributed by atoms with van der Waals surface area (Å²) in [6.07, 6.45) is 7.34. The van der Waals surface area contributed by atoms with Crippen molar-refractivity contribution in [3.05, 3.63) is 29.3 Å². The molecule has 0 bridgehead atoms. The summed E-state index contributed by atoms with van der Waals surface area (Å²) in [6, 6.07) is 5.50. The molecule has 3 amide bonds. The molecule has 1 aliphatic carbocycles. The molecule has 3 fully saturated rings. The molecule has 2 heterocycles. The van der Waals surface area contributed by atoms with Crippen molar-refractivity contribution in [1.82, 2.24) is 19.8 Å². The zero-order valence-corrected chi connectivity index (χ0v) is 22.6. The SMILES string of the molecule is CN(S)C1CCC(Nc2cccc(C(=O)N(C)C3CCC(=O)NC3=O)c2C=O)CC1.NC1CCNCC1. The summed E-state index contributed by atoms with van der Waals surface area (Å²) in [5, 5.41) is 8.91. The summed E-state index contributed by atoms with van der Waals surface area (Å²) in [6.45, 7) is 2.22. The fraction of sp³-hybridized carbons (Fsp3) is 0.615. The van der Waals surface area contributed by atoms with Gasteiger partial charge in [-0.1, -0.05) is 18.9 Å². The number of rotatable bonds is 6. The average Bonchev–Trinajstić information content (AvgIpc) is 2.89. The van der Waals surface area contributed by atoms with Gasteiger partial charge >= 0.3 is 0 Å². The van der Waals surface area contributed by atoms with E-state index in [4.69, 9.17) is 5.73 Å². The molecule has 3 aliphatic rings. The van der Waals surface area contributed by atoms with Crippen molar-refractivity contribution >= 4 is 42.5 Å². The Morgan fingerprint density at radius 1 is 1.08 bits per heavy atom. The fourth-order valence-corrected chi connectivity index (χ4v) is 5.28. The molecular weight excluding hydrogens is 492 g/mol. The minimum absolute atomic E-state index is 0.181. The summed E-state index contributed by atoms with van der Waals surface area (Å²) in [5.74, 6) is -1.25. The standard InChI is InChI=1S/C21H28N4O4S.C5H12N2/c1-24(18-10-11-19(27)23-20(18)28)21(29)15-4-3-5-17(16(15)12-26)22-13-6-8-14(9-7-13)25(2)30;6-5-1-3-7-4-2-5/h3-5,12-14,18,22,30H,6-11H2,1-2H3,(H,23,27,28);5,7H,1-4,6H2. The van der Waals surface area contributed by atoms with E-state index >= 15 is 0 Å². The topological polar surface area (TPSA) is 137 Å². The molecule has 1 atom stereocenters. The second-order valence-corrected chi connectivity index (χ2v) is 10.7. The smallest absolute Gasteiger partial charge is 0.255 e. The van der Waals surface area contributed by atoms with Gasteiger partial charge in [-0.3, -0.25) is 28.8 Å². The van der Waals surface area contributed by atoms with E-state index in [1.54, 1.807) is 18.2 Å². The number of anilines is 1. The molecule has 10 nitrogen and oxygen atoms in total. The number of nitrogens with one attached hydrogen (secondary N) is 3. The number of imide groups is 1. The Labute approximate surface area is 224 Å². The summed E-state index contributed by atoms with van der Waals surface area (Å²) >= 11 is 4.39. The molecule has 0 aromatic heterocycles. The molecule has 2 saturated heterocycles. The first-order chi connectivity index (χ1) is 17.7. The van der Waals surface area contributed by atoms with Crippen LogP contribution in [0.3, 0.4) is 0 Å². The molecule has 11 heteroatoms. The van der Waals surface area contributed by atoms with Crippen LogP contribution in [0.4, 0.5) is 5.69 Å². The minimum atomic E-state index is -0.736. The number of piperidine rings is 2.